The van der Waals surface area contributed by atoms with Gasteiger partial charge in [0.25, 0.3) is 0 Å². The molecule has 2 aliphatic rings. The van der Waals surface area contributed by atoms with Gasteiger partial charge in [0.1, 0.15) is 0 Å². The Morgan fingerprint density at radius 2 is 1.95 bits per heavy atom. The Hall–Kier alpha value is 0.170. The highest BCUT2D eigenvalue weighted by atomic mass is 35.5. The molecule has 2 heterocycles. The molecule has 0 bridgehead atoms. The van der Waals surface area contributed by atoms with Gasteiger partial charge in [0, 0.05) is 25.2 Å². The van der Waals surface area contributed by atoms with Crippen LogP contribution in [0.15, 0.2) is 0 Å². The predicted molar refractivity (Wildman–Crippen MR) is 82.8 cm³/mol. The summed E-state index contributed by atoms with van der Waals surface area (Å²) in [5, 5.41) is 0. The van der Waals surface area contributed by atoms with Crippen molar-refractivity contribution in [2.24, 2.45) is 17.6 Å². The van der Waals surface area contributed by atoms with Crippen LogP contribution in [0.4, 0.5) is 0 Å². The molecule has 0 amide bonds. The van der Waals surface area contributed by atoms with Gasteiger partial charge < -0.3 is 10.5 Å². The fourth-order valence-corrected chi connectivity index (χ4v) is 3.41. The van der Waals surface area contributed by atoms with E-state index in [2.05, 4.69) is 25.7 Å². The summed E-state index contributed by atoms with van der Waals surface area (Å²) in [6.45, 7) is 10.1. The van der Waals surface area contributed by atoms with Crippen LogP contribution >= 0.6 is 12.4 Å². The van der Waals surface area contributed by atoms with Gasteiger partial charge in [-0.3, -0.25) is 4.90 Å². The van der Waals surface area contributed by atoms with E-state index in [0.717, 1.165) is 12.6 Å². The smallest absolute Gasteiger partial charge is 0.0612 e. The molecule has 4 unspecified atom stereocenters. The van der Waals surface area contributed by atoms with Crippen LogP contribution in [0.5, 0.6) is 0 Å². The van der Waals surface area contributed by atoms with E-state index < -0.39 is 0 Å². The van der Waals surface area contributed by atoms with E-state index in [0.29, 0.717) is 24.0 Å². The maximum Gasteiger partial charge on any atom is 0.0612 e. The Balaban J connectivity index is 0.00000180. The molecule has 0 radical (unpaired) electrons. The molecule has 2 saturated heterocycles. The highest BCUT2D eigenvalue weighted by molar-refractivity contribution is 5.85. The largest absolute Gasteiger partial charge is 0.378 e. The standard InChI is InChI=1S/C15H30N2O.ClH/c1-11(2)15-9-14(6-8-18-15)17-7-4-5-13(10-17)12(3)16;/h11-15H,4-10,16H2,1-3H3;1H. The van der Waals surface area contributed by atoms with E-state index in [1.165, 1.54) is 38.8 Å². The van der Waals surface area contributed by atoms with Crippen LogP contribution in [0.2, 0.25) is 0 Å². The number of nitrogens with zero attached hydrogens (tertiary/aromatic N) is 1. The second-order valence-corrected chi connectivity index (χ2v) is 6.59. The minimum absolute atomic E-state index is 0. The highest BCUT2D eigenvalue weighted by Gasteiger charge is 2.32. The first-order valence-electron chi connectivity index (χ1n) is 7.69. The van der Waals surface area contributed by atoms with Gasteiger partial charge in [0.05, 0.1) is 6.10 Å². The second kappa shape index (κ2) is 7.82. The van der Waals surface area contributed by atoms with Crippen LogP contribution < -0.4 is 5.73 Å². The lowest BCUT2D eigenvalue weighted by Crippen LogP contribution is -2.50. The molecule has 2 rings (SSSR count). The number of halogens is 1. The average Bonchev–Trinajstić information content (AvgIpc) is 2.39. The molecule has 4 heteroatoms. The topological polar surface area (TPSA) is 38.5 Å². The molecule has 2 aliphatic heterocycles. The Morgan fingerprint density at radius 1 is 1.21 bits per heavy atom. The number of piperidine rings is 1. The Kier molecular flexibility index (Phi) is 7.09. The summed E-state index contributed by atoms with van der Waals surface area (Å²) >= 11 is 0. The highest BCUT2D eigenvalue weighted by Crippen LogP contribution is 2.28. The van der Waals surface area contributed by atoms with Gasteiger partial charge in [-0.25, -0.2) is 0 Å². The van der Waals surface area contributed by atoms with E-state index in [1.807, 2.05) is 0 Å². The van der Waals surface area contributed by atoms with E-state index >= 15 is 0 Å². The zero-order chi connectivity index (χ0) is 13.1. The molecule has 0 saturated carbocycles. The molecule has 0 aromatic rings. The molecule has 0 aromatic heterocycles. The third kappa shape index (κ3) is 4.59. The maximum absolute atomic E-state index is 6.08. The minimum atomic E-state index is 0. The zero-order valence-electron chi connectivity index (χ0n) is 12.7. The van der Waals surface area contributed by atoms with Gasteiger partial charge in [0.2, 0.25) is 0 Å². The summed E-state index contributed by atoms with van der Waals surface area (Å²) in [6.07, 6.45) is 5.50. The number of nitrogens with two attached hydrogens (primary N) is 1. The number of hydrogen-bond acceptors (Lipinski definition) is 3. The van der Waals surface area contributed by atoms with E-state index in [1.54, 1.807) is 0 Å². The first kappa shape index (κ1) is 17.2. The summed E-state index contributed by atoms with van der Waals surface area (Å²) < 4.78 is 5.88. The molecule has 2 N–H and O–H groups in total. The van der Waals surface area contributed by atoms with E-state index in [-0.39, 0.29) is 12.4 Å². The van der Waals surface area contributed by atoms with Gasteiger partial charge in [0.15, 0.2) is 0 Å². The van der Waals surface area contributed by atoms with Gasteiger partial charge in [-0.15, -0.1) is 12.4 Å². The van der Waals surface area contributed by atoms with Crippen molar-refractivity contribution >= 4 is 12.4 Å². The zero-order valence-corrected chi connectivity index (χ0v) is 13.5. The number of rotatable bonds is 3. The average molecular weight is 291 g/mol. The van der Waals surface area contributed by atoms with Crippen LogP contribution in [0.1, 0.15) is 46.5 Å². The Morgan fingerprint density at radius 3 is 2.58 bits per heavy atom. The maximum atomic E-state index is 6.08. The number of ether oxygens (including phenoxy) is 1. The van der Waals surface area contributed by atoms with Gasteiger partial charge >= 0.3 is 0 Å². The van der Waals surface area contributed by atoms with Crippen molar-refractivity contribution in [3.05, 3.63) is 0 Å². The third-order valence-corrected chi connectivity index (χ3v) is 4.78. The van der Waals surface area contributed by atoms with Gasteiger partial charge in [-0.05, 0) is 51.0 Å². The first-order valence-corrected chi connectivity index (χ1v) is 7.69. The summed E-state index contributed by atoms with van der Waals surface area (Å²) in [6, 6.07) is 1.07. The SMILES string of the molecule is CC(C)C1CC(N2CCCC(C(C)N)C2)CCO1.Cl. The number of likely N-dealkylation sites (tertiary alicyclic amines) is 1. The summed E-state index contributed by atoms with van der Waals surface area (Å²) in [5.74, 6) is 1.33. The lowest BCUT2D eigenvalue weighted by atomic mass is 9.88. The van der Waals surface area contributed by atoms with Crippen LogP contribution in [0, 0.1) is 11.8 Å². The molecule has 4 atom stereocenters. The normalized spacial score (nSPS) is 34.9. The minimum Gasteiger partial charge on any atom is -0.378 e. The predicted octanol–water partition coefficient (Wildman–Crippen LogP) is 2.67. The van der Waals surface area contributed by atoms with Crippen molar-refractivity contribution in [2.75, 3.05) is 19.7 Å². The van der Waals surface area contributed by atoms with Crippen molar-refractivity contribution in [1.29, 1.82) is 0 Å². The van der Waals surface area contributed by atoms with Crippen molar-refractivity contribution in [1.82, 2.24) is 4.90 Å². The lowest BCUT2D eigenvalue weighted by molar-refractivity contribution is -0.0554. The quantitative estimate of drug-likeness (QED) is 0.868. The molecular weight excluding hydrogens is 260 g/mol. The molecule has 0 spiro atoms. The summed E-state index contributed by atoms with van der Waals surface area (Å²) in [4.78, 5) is 2.69. The monoisotopic (exact) mass is 290 g/mol. The lowest BCUT2D eigenvalue weighted by Gasteiger charge is -2.43. The Bertz CT molecular complexity index is 235. The molecule has 0 aromatic carbocycles. The van der Waals surface area contributed by atoms with Crippen LogP contribution in [-0.4, -0.2) is 42.8 Å². The fraction of sp³-hybridized carbons (Fsp3) is 1.00. The Labute approximate surface area is 124 Å². The molecular formula is C15H31ClN2O. The van der Waals surface area contributed by atoms with Gasteiger partial charge in [-0.1, -0.05) is 13.8 Å². The van der Waals surface area contributed by atoms with Crippen molar-refractivity contribution in [3.63, 3.8) is 0 Å². The summed E-state index contributed by atoms with van der Waals surface area (Å²) in [7, 11) is 0. The van der Waals surface area contributed by atoms with Crippen molar-refractivity contribution in [3.8, 4) is 0 Å². The van der Waals surface area contributed by atoms with Crippen LogP contribution in [0.25, 0.3) is 0 Å². The molecule has 0 aliphatic carbocycles. The van der Waals surface area contributed by atoms with Crippen LogP contribution in [-0.2, 0) is 4.74 Å². The second-order valence-electron chi connectivity index (χ2n) is 6.59. The number of hydrogen-bond donors (Lipinski definition) is 1. The molecule has 2 fully saturated rings. The summed E-state index contributed by atoms with van der Waals surface area (Å²) in [5.41, 5.74) is 6.08. The first-order chi connectivity index (χ1) is 8.58. The van der Waals surface area contributed by atoms with E-state index in [9.17, 15) is 0 Å². The molecule has 3 nitrogen and oxygen atoms in total. The van der Waals surface area contributed by atoms with Crippen molar-refractivity contribution in [2.45, 2.75) is 64.6 Å². The van der Waals surface area contributed by atoms with E-state index in [4.69, 9.17) is 10.5 Å². The molecule has 114 valence electrons. The van der Waals surface area contributed by atoms with Crippen molar-refractivity contribution < 1.29 is 4.74 Å². The molecule has 19 heavy (non-hydrogen) atoms. The van der Waals surface area contributed by atoms with Gasteiger partial charge in [-0.2, -0.15) is 0 Å². The fourth-order valence-electron chi connectivity index (χ4n) is 3.41. The van der Waals surface area contributed by atoms with Crippen LogP contribution in [0.3, 0.4) is 0 Å². The third-order valence-electron chi connectivity index (χ3n) is 4.78.